The fraction of sp³-hybridized carbons (Fsp3) is 1.00. The van der Waals surface area contributed by atoms with Crippen molar-refractivity contribution in [1.29, 1.82) is 0 Å². The molecule has 18 heavy (non-hydrogen) atoms. The predicted octanol–water partition coefficient (Wildman–Crippen LogP) is 3.39. The number of unbranched alkanes of at least 4 members (excludes halogenated alkanes) is 2. The van der Waals surface area contributed by atoms with Gasteiger partial charge in [0.2, 0.25) is 5.91 Å². The Labute approximate surface area is 112 Å². The fourth-order valence-electron chi connectivity index (χ4n) is 3.03. The molecule has 3 saturated heterocycles. The van der Waals surface area contributed by atoms with E-state index in [2.05, 4.69) is 25.7 Å². The Morgan fingerprint density at radius 2 is 1.67 bits per heavy atom. The summed E-state index contributed by atoms with van der Waals surface area (Å²) in [6, 6.07) is 0. The molecule has 3 aliphatic rings. The number of hydrogen-bond acceptors (Lipinski definition) is 3. The van der Waals surface area contributed by atoms with E-state index < -0.39 is 0 Å². The van der Waals surface area contributed by atoms with Gasteiger partial charge in [0.25, 0.3) is 0 Å². The van der Waals surface area contributed by atoms with E-state index in [1.54, 1.807) is 0 Å². The molecule has 3 nitrogen and oxygen atoms in total. The van der Waals surface area contributed by atoms with Gasteiger partial charge < -0.3 is 9.47 Å². The summed E-state index contributed by atoms with van der Waals surface area (Å²) < 4.78 is 12.3. The Hall–Kier alpha value is -0.120. The largest absolute Gasteiger partial charge is 0.336 e. The Balaban J connectivity index is 2.06. The quantitative estimate of drug-likeness (QED) is 0.696. The molecular formula is C15H29NO2. The molecule has 0 spiro atoms. The second kappa shape index (κ2) is 5.89. The van der Waals surface area contributed by atoms with Crippen LogP contribution < -0.4 is 0 Å². The lowest BCUT2D eigenvalue weighted by atomic mass is 9.82. The molecule has 0 saturated carbocycles. The maximum absolute atomic E-state index is 6.17. The number of fused-ring (bicyclic) bond motifs is 3. The van der Waals surface area contributed by atoms with Crippen molar-refractivity contribution in [2.75, 3.05) is 26.3 Å². The molecule has 0 amide bonds. The second-order valence-corrected chi connectivity index (χ2v) is 6.02. The summed E-state index contributed by atoms with van der Waals surface area (Å²) in [6.45, 7) is 10.8. The minimum Gasteiger partial charge on any atom is -0.336 e. The molecule has 3 fully saturated rings. The third-order valence-corrected chi connectivity index (χ3v) is 4.59. The maximum Gasteiger partial charge on any atom is 0.230 e. The second-order valence-electron chi connectivity index (χ2n) is 6.02. The molecule has 2 bridgehead atoms. The van der Waals surface area contributed by atoms with Crippen LogP contribution in [0.1, 0.15) is 59.3 Å². The van der Waals surface area contributed by atoms with Gasteiger partial charge in [-0.1, -0.05) is 33.6 Å². The molecule has 0 aromatic rings. The van der Waals surface area contributed by atoms with Crippen LogP contribution in [0.25, 0.3) is 0 Å². The molecule has 0 N–H and O–H groups in total. The van der Waals surface area contributed by atoms with Crippen molar-refractivity contribution in [3.63, 3.8) is 0 Å². The first kappa shape index (κ1) is 14.3. The van der Waals surface area contributed by atoms with Crippen LogP contribution in [0.15, 0.2) is 0 Å². The highest BCUT2D eigenvalue weighted by Gasteiger charge is 2.54. The van der Waals surface area contributed by atoms with Crippen LogP contribution in [0.2, 0.25) is 0 Å². The van der Waals surface area contributed by atoms with Crippen LogP contribution in [0.4, 0.5) is 0 Å². The van der Waals surface area contributed by atoms with E-state index in [1.165, 1.54) is 25.7 Å². The van der Waals surface area contributed by atoms with Gasteiger partial charge in [-0.05, 0) is 19.3 Å². The molecular weight excluding hydrogens is 226 g/mol. The van der Waals surface area contributed by atoms with E-state index >= 15 is 0 Å². The molecule has 0 aliphatic carbocycles. The number of hydrogen-bond donors (Lipinski definition) is 0. The summed E-state index contributed by atoms with van der Waals surface area (Å²) in [7, 11) is 0. The van der Waals surface area contributed by atoms with Gasteiger partial charge in [0.1, 0.15) is 0 Å². The van der Waals surface area contributed by atoms with Crippen LogP contribution >= 0.6 is 0 Å². The van der Waals surface area contributed by atoms with Gasteiger partial charge in [-0.25, -0.2) is 0 Å². The van der Waals surface area contributed by atoms with Gasteiger partial charge in [-0.3, -0.25) is 4.90 Å². The summed E-state index contributed by atoms with van der Waals surface area (Å²) in [5.41, 5.74) is 0.252. The summed E-state index contributed by atoms with van der Waals surface area (Å²) in [5, 5.41) is 0. The van der Waals surface area contributed by atoms with E-state index in [0.29, 0.717) is 0 Å². The normalized spacial score (nSPS) is 36.2. The summed E-state index contributed by atoms with van der Waals surface area (Å²) in [5.74, 6) is -0.387. The molecule has 0 radical (unpaired) electrons. The van der Waals surface area contributed by atoms with E-state index in [9.17, 15) is 0 Å². The number of ether oxygens (including phenoxy) is 2. The minimum absolute atomic E-state index is 0.252. The maximum atomic E-state index is 6.17. The molecule has 0 atom stereocenters. The average molecular weight is 255 g/mol. The highest BCUT2D eigenvalue weighted by atomic mass is 16.7. The molecule has 3 aliphatic heterocycles. The zero-order valence-electron chi connectivity index (χ0n) is 12.3. The van der Waals surface area contributed by atoms with Crippen molar-refractivity contribution >= 4 is 0 Å². The van der Waals surface area contributed by atoms with Crippen molar-refractivity contribution in [1.82, 2.24) is 4.90 Å². The zero-order chi connectivity index (χ0) is 13.1. The van der Waals surface area contributed by atoms with Gasteiger partial charge in [0.15, 0.2) is 0 Å². The zero-order valence-corrected chi connectivity index (χ0v) is 12.3. The van der Waals surface area contributed by atoms with Crippen LogP contribution in [0, 0.1) is 5.41 Å². The standard InChI is InChI=1S/C15H29NO2/c1-4-7-9-15-16(10-8-5-2)11-14(6-3,12-17-15)13-18-15/h4-13H2,1-3H3. The van der Waals surface area contributed by atoms with Crippen LogP contribution in [-0.2, 0) is 9.47 Å². The first-order valence-corrected chi connectivity index (χ1v) is 7.73. The first-order chi connectivity index (χ1) is 8.70. The first-order valence-electron chi connectivity index (χ1n) is 7.73. The molecule has 3 heterocycles. The number of nitrogens with zero attached hydrogens (tertiary/aromatic N) is 1. The Kier molecular flexibility index (Phi) is 4.68. The lowest BCUT2D eigenvalue weighted by molar-refractivity contribution is -0.412. The van der Waals surface area contributed by atoms with Gasteiger partial charge in [-0.15, -0.1) is 0 Å². The van der Waals surface area contributed by atoms with E-state index in [0.717, 1.165) is 39.1 Å². The van der Waals surface area contributed by atoms with Crippen LogP contribution in [-0.4, -0.2) is 37.1 Å². The highest BCUT2D eigenvalue weighted by Crippen LogP contribution is 2.44. The fourth-order valence-corrected chi connectivity index (χ4v) is 3.03. The van der Waals surface area contributed by atoms with Gasteiger partial charge in [0, 0.05) is 24.9 Å². The Morgan fingerprint density at radius 3 is 2.22 bits per heavy atom. The Morgan fingerprint density at radius 1 is 1.00 bits per heavy atom. The average Bonchev–Trinajstić information content (AvgIpc) is 2.44. The Bertz CT molecular complexity index is 259. The molecule has 3 rings (SSSR count). The van der Waals surface area contributed by atoms with Crippen molar-refractivity contribution in [2.45, 2.75) is 65.2 Å². The molecule has 0 aromatic heterocycles. The summed E-state index contributed by atoms with van der Waals surface area (Å²) in [4.78, 5) is 2.47. The van der Waals surface area contributed by atoms with Crippen LogP contribution in [0.5, 0.6) is 0 Å². The summed E-state index contributed by atoms with van der Waals surface area (Å²) >= 11 is 0. The molecule has 3 heteroatoms. The van der Waals surface area contributed by atoms with E-state index in [1.807, 2.05) is 0 Å². The van der Waals surface area contributed by atoms with Crippen molar-refractivity contribution in [2.24, 2.45) is 5.41 Å². The highest BCUT2D eigenvalue weighted by molar-refractivity contribution is 4.94. The lowest BCUT2D eigenvalue weighted by Gasteiger charge is -2.58. The minimum atomic E-state index is -0.387. The molecule has 0 unspecified atom stereocenters. The predicted molar refractivity (Wildman–Crippen MR) is 73.4 cm³/mol. The van der Waals surface area contributed by atoms with Gasteiger partial charge >= 0.3 is 0 Å². The molecule has 0 aromatic carbocycles. The third-order valence-electron chi connectivity index (χ3n) is 4.59. The lowest BCUT2D eigenvalue weighted by Crippen LogP contribution is -2.69. The monoisotopic (exact) mass is 255 g/mol. The van der Waals surface area contributed by atoms with Crippen LogP contribution in [0.3, 0.4) is 0 Å². The summed E-state index contributed by atoms with van der Waals surface area (Å²) in [6.07, 6.45) is 7.03. The number of rotatable bonds is 7. The molecule has 106 valence electrons. The van der Waals surface area contributed by atoms with E-state index in [-0.39, 0.29) is 11.3 Å². The van der Waals surface area contributed by atoms with Crippen molar-refractivity contribution in [3.05, 3.63) is 0 Å². The van der Waals surface area contributed by atoms with Crippen molar-refractivity contribution in [3.8, 4) is 0 Å². The van der Waals surface area contributed by atoms with Gasteiger partial charge in [-0.2, -0.15) is 0 Å². The van der Waals surface area contributed by atoms with Crippen molar-refractivity contribution < 1.29 is 9.47 Å². The third kappa shape index (κ3) is 2.59. The van der Waals surface area contributed by atoms with E-state index in [4.69, 9.17) is 9.47 Å². The van der Waals surface area contributed by atoms with Gasteiger partial charge in [0.05, 0.1) is 13.2 Å². The smallest absolute Gasteiger partial charge is 0.230 e. The SMILES string of the molecule is CCCCN1CC2(CC)COC1(CCCC)OC2. The topological polar surface area (TPSA) is 21.7 Å².